The Bertz CT molecular complexity index is 627. The minimum absolute atomic E-state index is 0.100. The van der Waals surface area contributed by atoms with E-state index in [1.165, 1.54) is 12.8 Å². The van der Waals surface area contributed by atoms with Gasteiger partial charge in [-0.05, 0) is 44.0 Å². The SMILES string of the molecule is CC1CCCN1c1cc(C(=O)Nc2ccccc2)ccn1. The van der Waals surface area contributed by atoms with Crippen LogP contribution in [0.25, 0.3) is 0 Å². The third-order valence-corrected chi connectivity index (χ3v) is 3.89. The van der Waals surface area contributed by atoms with Gasteiger partial charge in [0.2, 0.25) is 0 Å². The lowest BCUT2D eigenvalue weighted by atomic mass is 10.2. The second-order valence-electron chi connectivity index (χ2n) is 5.41. The van der Waals surface area contributed by atoms with Gasteiger partial charge in [-0.15, -0.1) is 0 Å². The summed E-state index contributed by atoms with van der Waals surface area (Å²) in [5.74, 6) is 0.789. The maximum atomic E-state index is 12.3. The molecule has 0 spiro atoms. The van der Waals surface area contributed by atoms with Crippen LogP contribution in [0.5, 0.6) is 0 Å². The fourth-order valence-electron chi connectivity index (χ4n) is 2.72. The molecule has 1 aromatic heterocycles. The van der Waals surface area contributed by atoms with Gasteiger partial charge in [0.15, 0.2) is 0 Å². The fourth-order valence-corrected chi connectivity index (χ4v) is 2.72. The molecule has 1 unspecified atom stereocenters. The molecule has 1 saturated heterocycles. The number of hydrogen-bond donors (Lipinski definition) is 1. The summed E-state index contributed by atoms with van der Waals surface area (Å²) in [6, 6.07) is 13.6. The Hall–Kier alpha value is -2.36. The van der Waals surface area contributed by atoms with Crippen LogP contribution in [0, 0.1) is 0 Å². The van der Waals surface area contributed by atoms with Gasteiger partial charge >= 0.3 is 0 Å². The van der Waals surface area contributed by atoms with Crippen LogP contribution >= 0.6 is 0 Å². The molecule has 4 heteroatoms. The molecule has 0 bridgehead atoms. The molecule has 0 radical (unpaired) electrons. The Morgan fingerprint density at radius 2 is 2.10 bits per heavy atom. The highest BCUT2D eigenvalue weighted by molar-refractivity contribution is 6.04. The van der Waals surface area contributed by atoms with E-state index in [2.05, 4.69) is 22.1 Å². The molecule has 1 aliphatic heterocycles. The zero-order chi connectivity index (χ0) is 14.7. The van der Waals surface area contributed by atoms with Crippen LogP contribution in [0.15, 0.2) is 48.7 Å². The fraction of sp³-hybridized carbons (Fsp3) is 0.294. The molecule has 2 aromatic rings. The van der Waals surface area contributed by atoms with Crippen molar-refractivity contribution >= 4 is 17.4 Å². The molecule has 4 nitrogen and oxygen atoms in total. The van der Waals surface area contributed by atoms with Crippen molar-refractivity contribution in [3.05, 3.63) is 54.2 Å². The predicted octanol–water partition coefficient (Wildman–Crippen LogP) is 3.32. The number of carbonyl (C=O) groups excluding carboxylic acids is 1. The summed E-state index contributed by atoms with van der Waals surface area (Å²) in [7, 11) is 0. The Kier molecular flexibility index (Phi) is 3.86. The summed E-state index contributed by atoms with van der Waals surface area (Å²) in [6.07, 6.45) is 4.08. The van der Waals surface area contributed by atoms with E-state index in [4.69, 9.17) is 0 Å². The quantitative estimate of drug-likeness (QED) is 0.938. The van der Waals surface area contributed by atoms with Crippen LogP contribution in [-0.4, -0.2) is 23.5 Å². The summed E-state index contributed by atoms with van der Waals surface area (Å²) in [4.78, 5) is 19.0. The summed E-state index contributed by atoms with van der Waals surface area (Å²) < 4.78 is 0. The highest BCUT2D eigenvalue weighted by Gasteiger charge is 2.22. The van der Waals surface area contributed by atoms with Crippen molar-refractivity contribution in [1.29, 1.82) is 0 Å². The summed E-state index contributed by atoms with van der Waals surface area (Å²) in [5.41, 5.74) is 1.44. The van der Waals surface area contributed by atoms with Gasteiger partial charge in [-0.3, -0.25) is 4.79 Å². The van der Waals surface area contributed by atoms with Gasteiger partial charge in [-0.1, -0.05) is 18.2 Å². The first-order valence-electron chi connectivity index (χ1n) is 7.33. The monoisotopic (exact) mass is 281 g/mol. The molecule has 1 fully saturated rings. The number of aromatic nitrogens is 1. The molecular formula is C17H19N3O. The summed E-state index contributed by atoms with van der Waals surface area (Å²) >= 11 is 0. The van der Waals surface area contributed by atoms with Crippen molar-refractivity contribution in [1.82, 2.24) is 4.98 Å². The van der Waals surface area contributed by atoms with Crippen molar-refractivity contribution in [2.75, 3.05) is 16.8 Å². The van der Waals surface area contributed by atoms with Crippen molar-refractivity contribution in [2.45, 2.75) is 25.8 Å². The largest absolute Gasteiger partial charge is 0.354 e. The molecule has 108 valence electrons. The number of hydrogen-bond acceptors (Lipinski definition) is 3. The second-order valence-corrected chi connectivity index (χ2v) is 5.41. The lowest BCUT2D eigenvalue weighted by Gasteiger charge is -2.22. The minimum Gasteiger partial charge on any atom is -0.354 e. The topological polar surface area (TPSA) is 45.2 Å². The van der Waals surface area contributed by atoms with E-state index in [-0.39, 0.29) is 5.91 Å². The number of amides is 1. The highest BCUT2D eigenvalue weighted by atomic mass is 16.1. The normalized spacial score (nSPS) is 17.8. The number of carbonyl (C=O) groups is 1. The van der Waals surface area contributed by atoms with Crippen LogP contribution in [-0.2, 0) is 0 Å². The Balaban J connectivity index is 1.78. The number of nitrogens with one attached hydrogen (secondary N) is 1. The predicted molar refractivity (Wildman–Crippen MR) is 84.7 cm³/mol. The van der Waals surface area contributed by atoms with E-state index in [1.807, 2.05) is 36.4 Å². The lowest BCUT2D eigenvalue weighted by molar-refractivity contribution is 0.102. The van der Waals surface area contributed by atoms with E-state index in [0.717, 1.165) is 18.1 Å². The van der Waals surface area contributed by atoms with Gasteiger partial charge in [0, 0.05) is 30.0 Å². The average molecular weight is 281 g/mol. The Labute approximate surface area is 124 Å². The molecule has 1 atom stereocenters. The van der Waals surface area contributed by atoms with Crippen molar-refractivity contribution in [3.63, 3.8) is 0 Å². The van der Waals surface area contributed by atoms with E-state index >= 15 is 0 Å². The zero-order valence-corrected chi connectivity index (χ0v) is 12.1. The van der Waals surface area contributed by atoms with Gasteiger partial charge in [0.05, 0.1) is 0 Å². The molecule has 1 aromatic carbocycles. The molecule has 21 heavy (non-hydrogen) atoms. The van der Waals surface area contributed by atoms with E-state index in [0.29, 0.717) is 11.6 Å². The molecular weight excluding hydrogens is 262 g/mol. The number of nitrogens with zero attached hydrogens (tertiary/aromatic N) is 2. The van der Waals surface area contributed by atoms with Crippen LogP contribution in [0.4, 0.5) is 11.5 Å². The molecule has 1 N–H and O–H groups in total. The number of para-hydroxylation sites is 1. The van der Waals surface area contributed by atoms with Crippen molar-refractivity contribution in [2.24, 2.45) is 0 Å². The standard InChI is InChI=1S/C17H19N3O/c1-13-6-5-11-20(13)16-12-14(9-10-18-16)17(21)19-15-7-3-2-4-8-15/h2-4,7-10,12-13H,5-6,11H2,1H3,(H,19,21). The second kappa shape index (κ2) is 5.95. The van der Waals surface area contributed by atoms with Gasteiger partial charge in [0.1, 0.15) is 5.82 Å². The van der Waals surface area contributed by atoms with Crippen LogP contribution in [0.2, 0.25) is 0 Å². The number of pyridine rings is 1. The van der Waals surface area contributed by atoms with Crippen LogP contribution in [0.1, 0.15) is 30.1 Å². The summed E-state index contributed by atoms with van der Waals surface area (Å²) in [5, 5.41) is 2.90. The Morgan fingerprint density at radius 3 is 2.81 bits per heavy atom. The van der Waals surface area contributed by atoms with Gasteiger partial charge in [-0.25, -0.2) is 4.98 Å². The first-order valence-corrected chi connectivity index (χ1v) is 7.33. The maximum absolute atomic E-state index is 12.3. The van der Waals surface area contributed by atoms with Gasteiger partial charge in [0.25, 0.3) is 5.91 Å². The van der Waals surface area contributed by atoms with Gasteiger partial charge in [-0.2, -0.15) is 0 Å². The summed E-state index contributed by atoms with van der Waals surface area (Å²) in [6.45, 7) is 3.21. The van der Waals surface area contributed by atoms with Crippen LogP contribution in [0.3, 0.4) is 0 Å². The number of rotatable bonds is 3. The molecule has 0 saturated carbocycles. The van der Waals surface area contributed by atoms with Crippen LogP contribution < -0.4 is 10.2 Å². The number of anilines is 2. The lowest BCUT2D eigenvalue weighted by Crippen LogP contribution is -2.27. The highest BCUT2D eigenvalue weighted by Crippen LogP contribution is 2.24. The Morgan fingerprint density at radius 1 is 1.29 bits per heavy atom. The molecule has 2 heterocycles. The molecule has 3 rings (SSSR count). The van der Waals surface area contributed by atoms with Crippen molar-refractivity contribution in [3.8, 4) is 0 Å². The third kappa shape index (κ3) is 3.05. The maximum Gasteiger partial charge on any atom is 0.255 e. The number of benzene rings is 1. The first-order chi connectivity index (χ1) is 10.2. The van der Waals surface area contributed by atoms with E-state index in [9.17, 15) is 4.79 Å². The van der Waals surface area contributed by atoms with Crippen molar-refractivity contribution < 1.29 is 4.79 Å². The first kappa shape index (κ1) is 13.6. The molecule has 1 aliphatic rings. The molecule has 0 aliphatic carbocycles. The van der Waals surface area contributed by atoms with Gasteiger partial charge < -0.3 is 10.2 Å². The average Bonchev–Trinajstić information content (AvgIpc) is 2.94. The van der Waals surface area contributed by atoms with E-state index in [1.54, 1.807) is 12.3 Å². The minimum atomic E-state index is -0.100. The zero-order valence-electron chi connectivity index (χ0n) is 12.1. The third-order valence-electron chi connectivity index (χ3n) is 3.89. The smallest absolute Gasteiger partial charge is 0.255 e. The van der Waals surface area contributed by atoms with E-state index < -0.39 is 0 Å². The molecule has 1 amide bonds.